The van der Waals surface area contributed by atoms with Crippen molar-refractivity contribution in [2.24, 2.45) is 0 Å². The SMILES string of the molecule is CC[CH]([AlH2])CC.O=PO. The van der Waals surface area contributed by atoms with Crippen molar-refractivity contribution in [1.29, 1.82) is 0 Å². The molecule has 0 unspecified atom stereocenters. The summed E-state index contributed by atoms with van der Waals surface area (Å²) in [6.45, 7) is 4.53. The fourth-order valence-corrected chi connectivity index (χ4v) is 0.289. The van der Waals surface area contributed by atoms with E-state index in [1.165, 1.54) is 29.1 Å². The molecule has 0 bridgehead atoms. The van der Waals surface area contributed by atoms with E-state index in [1.807, 2.05) is 0 Å². The monoisotopic (exact) mass is 164 g/mol. The van der Waals surface area contributed by atoms with Gasteiger partial charge < -0.3 is 4.89 Å². The van der Waals surface area contributed by atoms with Gasteiger partial charge in [-0.1, -0.05) is 31.5 Å². The molecule has 0 heterocycles. The van der Waals surface area contributed by atoms with Gasteiger partial charge in [-0.05, 0) is 0 Å². The van der Waals surface area contributed by atoms with Crippen LogP contribution in [0.4, 0.5) is 0 Å². The third-order valence-electron chi connectivity index (χ3n) is 1.39. The largest absolute Gasteiger partial charge is 0.324 e. The molecule has 0 aliphatic rings. The molecular weight excluding hydrogens is 150 g/mol. The maximum Gasteiger partial charge on any atom is 0.324 e. The third kappa shape index (κ3) is 17.7. The van der Waals surface area contributed by atoms with Crippen LogP contribution >= 0.6 is 8.69 Å². The standard InChI is InChI=1S/C5H11.Al.HO2P.2H/c1-3-5-4-2;;1-3-2;;/h5H,3-4H2,1-2H3;;(H,1,2);;. The summed E-state index contributed by atoms with van der Waals surface area (Å²) in [5.74, 6) is 0. The molecule has 0 atom stereocenters. The minimum absolute atomic E-state index is 0.833. The second kappa shape index (κ2) is 11.4. The molecule has 2 nitrogen and oxygen atoms in total. The quantitative estimate of drug-likeness (QED) is 0.495. The van der Waals surface area contributed by atoms with Gasteiger partial charge in [-0.3, -0.25) is 0 Å². The zero-order chi connectivity index (χ0) is 7.70. The Morgan fingerprint density at radius 2 is 1.78 bits per heavy atom. The van der Waals surface area contributed by atoms with Gasteiger partial charge >= 0.3 is 8.69 Å². The van der Waals surface area contributed by atoms with Crippen LogP contribution in [0.25, 0.3) is 0 Å². The van der Waals surface area contributed by atoms with Gasteiger partial charge in [-0.15, -0.1) is 0 Å². The minimum atomic E-state index is -0.833. The summed E-state index contributed by atoms with van der Waals surface area (Å²) in [7, 11) is -0.833. The predicted octanol–water partition coefficient (Wildman–Crippen LogP) is 1.41. The van der Waals surface area contributed by atoms with Crippen LogP contribution in [0.3, 0.4) is 0 Å². The molecule has 0 aliphatic heterocycles. The van der Waals surface area contributed by atoms with Gasteiger partial charge in [0.05, 0.1) is 0 Å². The molecule has 4 heteroatoms. The van der Waals surface area contributed by atoms with E-state index in [2.05, 4.69) is 13.8 Å². The molecule has 0 fully saturated rings. The fraction of sp³-hybridized carbons (Fsp3) is 1.00. The zero-order valence-electron chi connectivity index (χ0n) is 6.29. The molecule has 0 aromatic heterocycles. The molecule has 1 N–H and O–H groups in total. The lowest BCUT2D eigenvalue weighted by Gasteiger charge is -1.98. The topological polar surface area (TPSA) is 37.3 Å². The Hall–Kier alpha value is 0.592. The average molecular weight is 164 g/mol. The normalized spacial score (nSPS) is 8.89. The summed E-state index contributed by atoms with van der Waals surface area (Å²) < 4.78 is 9.53. The van der Waals surface area contributed by atoms with Crippen molar-refractivity contribution < 1.29 is 9.46 Å². The smallest absolute Gasteiger partial charge is 0.310 e. The summed E-state index contributed by atoms with van der Waals surface area (Å²) >= 11 is 1.39. The van der Waals surface area contributed by atoms with Gasteiger partial charge in [0.1, 0.15) is 0 Å². The molecule has 0 saturated heterocycles. The first-order chi connectivity index (χ1) is 4.22. The highest BCUT2D eigenvalue weighted by Gasteiger charge is 1.89. The molecule has 9 heavy (non-hydrogen) atoms. The molecule has 54 valence electrons. The van der Waals surface area contributed by atoms with Crippen molar-refractivity contribution >= 4 is 25.0 Å². The van der Waals surface area contributed by atoms with Crippen LogP contribution in [0.5, 0.6) is 0 Å². The number of hydrogen-bond acceptors (Lipinski definition) is 1. The van der Waals surface area contributed by atoms with Crippen LogP contribution in [-0.2, 0) is 4.57 Å². The first kappa shape index (κ1) is 12.3. The molecule has 0 saturated carbocycles. The van der Waals surface area contributed by atoms with Gasteiger partial charge in [0.15, 0.2) is 0 Å². The second-order valence-corrected chi connectivity index (χ2v) is 3.80. The fourth-order valence-electron chi connectivity index (χ4n) is 0.289. The lowest BCUT2D eigenvalue weighted by atomic mass is 10.3. The number of rotatable bonds is 2. The highest BCUT2D eigenvalue weighted by molar-refractivity contribution is 7.16. The maximum atomic E-state index is 8.46. The van der Waals surface area contributed by atoms with E-state index in [4.69, 9.17) is 9.46 Å². The Labute approximate surface area is 66.4 Å². The molecule has 0 aliphatic carbocycles. The highest BCUT2D eigenvalue weighted by atomic mass is 31.1. The van der Waals surface area contributed by atoms with Gasteiger partial charge in [0.25, 0.3) is 0 Å². The Kier molecular flexibility index (Phi) is 15.6. The maximum absolute atomic E-state index is 8.46. The second-order valence-electron chi connectivity index (χ2n) is 2.00. The van der Waals surface area contributed by atoms with Gasteiger partial charge in [-0.25, -0.2) is 4.57 Å². The molecule has 0 rings (SSSR count). The van der Waals surface area contributed by atoms with E-state index in [0.717, 1.165) is 4.78 Å². The van der Waals surface area contributed by atoms with Crippen LogP contribution in [0.1, 0.15) is 26.7 Å². The Morgan fingerprint density at radius 3 is 1.78 bits per heavy atom. The van der Waals surface area contributed by atoms with Crippen molar-refractivity contribution in [3.8, 4) is 0 Å². The molecular formula is C5H14AlO2P. The van der Waals surface area contributed by atoms with Crippen LogP contribution in [0.15, 0.2) is 0 Å². The van der Waals surface area contributed by atoms with Crippen molar-refractivity contribution in [2.75, 3.05) is 0 Å². The van der Waals surface area contributed by atoms with Crippen molar-refractivity contribution in [3.05, 3.63) is 0 Å². The lowest BCUT2D eigenvalue weighted by molar-refractivity contribution is 0.524. The molecule has 0 radical (unpaired) electrons. The van der Waals surface area contributed by atoms with E-state index < -0.39 is 8.69 Å². The van der Waals surface area contributed by atoms with E-state index >= 15 is 0 Å². The molecule has 0 aromatic rings. The van der Waals surface area contributed by atoms with Gasteiger partial charge in [0, 0.05) is 0 Å². The van der Waals surface area contributed by atoms with E-state index in [-0.39, 0.29) is 0 Å². The lowest BCUT2D eigenvalue weighted by Crippen LogP contribution is -1.83. The summed E-state index contributed by atoms with van der Waals surface area (Å²) in [6, 6.07) is 0. The Morgan fingerprint density at radius 1 is 1.56 bits per heavy atom. The Bertz CT molecular complexity index is 56.9. The minimum Gasteiger partial charge on any atom is -0.310 e. The highest BCUT2D eigenvalue weighted by Crippen LogP contribution is 2.06. The third-order valence-corrected chi connectivity index (χ3v) is 3.03. The average Bonchev–Trinajstić information content (AvgIpc) is 1.88. The van der Waals surface area contributed by atoms with Gasteiger partial charge in [0.2, 0.25) is 16.3 Å². The van der Waals surface area contributed by atoms with Crippen LogP contribution < -0.4 is 0 Å². The van der Waals surface area contributed by atoms with Crippen LogP contribution in [0.2, 0.25) is 4.78 Å². The summed E-state index contributed by atoms with van der Waals surface area (Å²) in [5.41, 5.74) is 0. The van der Waals surface area contributed by atoms with Crippen molar-refractivity contribution in [2.45, 2.75) is 31.5 Å². The first-order valence-electron chi connectivity index (χ1n) is 3.19. The van der Waals surface area contributed by atoms with E-state index in [1.54, 1.807) is 0 Å². The first-order valence-corrected chi connectivity index (χ1v) is 5.11. The number of hydrogen-bond donors (Lipinski definition) is 1. The van der Waals surface area contributed by atoms with Gasteiger partial charge in [-0.2, -0.15) is 0 Å². The van der Waals surface area contributed by atoms with Crippen molar-refractivity contribution in [1.82, 2.24) is 0 Å². The van der Waals surface area contributed by atoms with Crippen molar-refractivity contribution in [3.63, 3.8) is 0 Å². The Balaban J connectivity index is 0. The summed E-state index contributed by atoms with van der Waals surface area (Å²) in [6.07, 6.45) is 2.78. The van der Waals surface area contributed by atoms with E-state index in [0.29, 0.717) is 0 Å². The summed E-state index contributed by atoms with van der Waals surface area (Å²) in [5, 5.41) is 0. The van der Waals surface area contributed by atoms with Crippen LogP contribution in [-0.4, -0.2) is 21.2 Å². The molecule has 0 spiro atoms. The summed E-state index contributed by atoms with van der Waals surface area (Å²) in [4.78, 5) is 6.99. The predicted molar refractivity (Wildman–Crippen MR) is 42.7 cm³/mol. The molecule has 0 amide bonds. The molecule has 0 aromatic carbocycles. The van der Waals surface area contributed by atoms with E-state index in [9.17, 15) is 0 Å². The zero-order valence-corrected chi connectivity index (χ0v) is 9.19. The van der Waals surface area contributed by atoms with Crippen LogP contribution in [0, 0.1) is 0 Å².